The molecule has 3 aliphatic carbocycles. The molecule has 1 saturated carbocycles. The molecule has 0 amide bonds. The Bertz CT molecular complexity index is 537. The van der Waals surface area contributed by atoms with E-state index in [1.54, 1.807) is 0 Å². The number of fused-ring (bicyclic) bond motifs is 1. The molecule has 0 radical (unpaired) electrons. The Morgan fingerprint density at radius 2 is 1.95 bits per heavy atom. The molecule has 100 valence electrons. The van der Waals surface area contributed by atoms with Crippen LogP contribution in [-0.4, -0.2) is 5.97 Å². The normalized spacial score (nSPS) is 27.2. The summed E-state index contributed by atoms with van der Waals surface area (Å²) in [6.07, 6.45) is 4.32. The molecule has 0 heterocycles. The summed E-state index contributed by atoms with van der Waals surface area (Å²) in [5.74, 6) is 1.84. The second-order valence-electron chi connectivity index (χ2n) is 6.40. The van der Waals surface area contributed by atoms with Gasteiger partial charge >= 0.3 is 5.97 Å². The van der Waals surface area contributed by atoms with Crippen molar-refractivity contribution in [2.45, 2.75) is 33.6 Å². The molecular formula is C17H20O2. The third kappa shape index (κ3) is 1.99. The first-order valence-corrected chi connectivity index (χ1v) is 6.97. The summed E-state index contributed by atoms with van der Waals surface area (Å²) in [7, 11) is 0. The smallest absolute Gasteiger partial charge is 0.343 e. The van der Waals surface area contributed by atoms with Crippen molar-refractivity contribution in [1.82, 2.24) is 0 Å². The van der Waals surface area contributed by atoms with Gasteiger partial charge in [0.05, 0.1) is 5.56 Å². The fourth-order valence-corrected chi connectivity index (χ4v) is 3.27. The first kappa shape index (κ1) is 12.5. The number of carbonyl (C=O) groups is 1. The van der Waals surface area contributed by atoms with Crippen molar-refractivity contribution in [1.29, 1.82) is 0 Å². The number of hydrogen-bond acceptors (Lipinski definition) is 2. The monoisotopic (exact) mass is 256 g/mol. The summed E-state index contributed by atoms with van der Waals surface area (Å²) in [6.45, 7) is 6.56. The summed E-state index contributed by atoms with van der Waals surface area (Å²) in [6, 6.07) is 7.54. The van der Waals surface area contributed by atoms with Gasteiger partial charge in [-0.2, -0.15) is 0 Å². The van der Waals surface area contributed by atoms with Crippen LogP contribution in [0.1, 0.15) is 42.6 Å². The quantitative estimate of drug-likeness (QED) is 0.745. The Labute approximate surface area is 114 Å². The molecule has 2 bridgehead atoms. The minimum absolute atomic E-state index is 0.229. The first-order valence-electron chi connectivity index (χ1n) is 6.97. The van der Waals surface area contributed by atoms with Crippen LogP contribution in [0.15, 0.2) is 36.1 Å². The third-order valence-electron chi connectivity index (χ3n) is 4.92. The van der Waals surface area contributed by atoms with Gasteiger partial charge in [0.15, 0.2) is 0 Å². The molecule has 4 rings (SSSR count). The molecular weight excluding hydrogens is 236 g/mol. The van der Waals surface area contributed by atoms with Crippen molar-refractivity contribution in [3.63, 3.8) is 0 Å². The summed E-state index contributed by atoms with van der Waals surface area (Å²) >= 11 is 0. The predicted molar refractivity (Wildman–Crippen MR) is 74.7 cm³/mol. The van der Waals surface area contributed by atoms with E-state index in [4.69, 9.17) is 4.74 Å². The van der Waals surface area contributed by atoms with Crippen molar-refractivity contribution in [3.8, 4) is 0 Å². The molecule has 2 nitrogen and oxygen atoms in total. The van der Waals surface area contributed by atoms with Crippen LogP contribution >= 0.6 is 0 Å². The lowest BCUT2D eigenvalue weighted by molar-refractivity contribution is -0.0394. The van der Waals surface area contributed by atoms with Crippen molar-refractivity contribution in [3.05, 3.63) is 47.2 Å². The fourth-order valence-electron chi connectivity index (χ4n) is 3.27. The van der Waals surface area contributed by atoms with E-state index < -0.39 is 0 Å². The summed E-state index contributed by atoms with van der Waals surface area (Å²) in [5, 5.41) is 0. The highest BCUT2D eigenvalue weighted by Gasteiger charge is 2.52. The molecule has 0 spiro atoms. The zero-order chi connectivity index (χ0) is 13.6. The van der Waals surface area contributed by atoms with Crippen molar-refractivity contribution < 1.29 is 9.53 Å². The average molecular weight is 256 g/mol. The van der Waals surface area contributed by atoms with E-state index in [1.165, 1.54) is 6.42 Å². The molecule has 19 heavy (non-hydrogen) atoms. The largest absolute Gasteiger partial charge is 0.427 e. The van der Waals surface area contributed by atoms with Crippen LogP contribution in [0.4, 0.5) is 0 Å². The number of benzene rings is 1. The Kier molecular flexibility index (Phi) is 2.77. The molecule has 0 unspecified atom stereocenters. The van der Waals surface area contributed by atoms with Gasteiger partial charge in [-0.05, 0) is 49.3 Å². The predicted octanol–water partition coefficient (Wildman–Crippen LogP) is 4.10. The molecule has 1 aromatic rings. The van der Waals surface area contributed by atoms with Gasteiger partial charge in [-0.25, -0.2) is 4.79 Å². The molecule has 3 aliphatic rings. The van der Waals surface area contributed by atoms with E-state index in [-0.39, 0.29) is 11.4 Å². The minimum Gasteiger partial charge on any atom is -0.427 e. The van der Waals surface area contributed by atoms with Crippen LogP contribution in [0, 0.1) is 24.2 Å². The molecule has 0 aromatic heterocycles. The van der Waals surface area contributed by atoms with Gasteiger partial charge in [0.25, 0.3) is 0 Å². The first-order chi connectivity index (χ1) is 8.98. The van der Waals surface area contributed by atoms with Gasteiger partial charge in [0.2, 0.25) is 0 Å². The zero-order valence-electron chi connectivity index (χ0n) is 11.8. The topological polar surface area (TPSA) is 26.3 Å². The molecule has 0 saturated heterocycles. The highest BCUT2D eigenvalue weighted by atomic mass is 16.5. The highest BCUT2D eigenvalue weighted by molar-refractivity contribution is 5.90. The fraction of sp³-hybridized carbons (Fsp3) is 0.471. The molecule has 1 aromatic carbocycles. The summed E-state index contributed by atoms with van der Waals surface area (Å²) in [4.78, 5) is 12.1. The maximum atomic E-state index is 12.1. The van der Waals surface area contributed by atoms with Gasteiger partial charge in [-0.1, -0.05) is 31.5 Å². The SMILES string of the molecule is Cc1ccc(C(=O)OC2=CC[C@H]3C[C@@H]2C3(C)C)cc1. The van der Waals surface area contributed by atoms with E-state index in [1.807, 2.05) is 31.2 Å². The minimum atomic E-state index is -0.229. The number of esters is 1. The zero-order valence-corrected chi connectivity index (χ0v) is 11.8. The van der Waals surface area contributed by atoms with E-state index in [0.29, 0.717) is 11.5 Å². The van der Waals surface area contributed by atoms with Crippen LogP contribution < -0.4 is 0 Å². The van der Waals surface area contributed by atoms with Crippen molar-refractivity contribution >= 4 is 5.97 Å². The maximum Gasteiger partial charge on any atom is 0.343 e. The number of aryl methyl sites for hydroxylation is 1. The number of carbonyl (C=O) groups excluding carboxylic acids is 1. The lowest BCUT2D eigenvalue weighted by atomic mass is 9.50. The van der Waals surface area contributed by atoms with Crippen LogP contribution in [0.2, 0.25) is 0 Å². The second-order valence-corrected chi connectivity index (χ2v) is 6.40. The van der Waals surface area contributed by atoms with E-state index in [0.717, 1.165) is 23.7 Å². The van der Waals surface area contributed by atoms with Crippen LogP contribution in [0.5, 0.6) is 0 Å². The molecule has 1 fully saturated rings. The van der Waals surface area contributed by atoms with Crippen LogP contribution in [-0.2, 0) is 4.74 Å². The van der Waals surface area contributed by atoms with Crippen LogP contribution in [0.25, 0.3) is 0 Å². The maximum absolute atomic E-state index is 12.1. The van der Waals surface area contributed by atoms with E-state index in [9.17, 15) is 4.79 Å². The number of hydrogen-bond donors (Lipinski definition) is 0. The second kappa shape index (κ2) is 4.22. The van der Waals surface area contributed by atoms with Gasteiger partial charge in [0.1, 0.15) is 5.76 Å². The average Bonchev–Trinajstić information content (AvgIpc) is 2.39. The van der Waals surface area contributed by atoms with Gasteiger partial charge < -0.3 is 4.74 Å². The molecule has 0 aliphatic heterocycles. The molecule has 2 atom stereocenters. The lowest BCUT2D eigenvalue weighted by Gasteiger charge is -2.55. The number of rotatable bonds is 2. The summed E-state index contributed by atoms with van der Waals surface area (Å²) in [5.41, 5.74) is 2.07. The Hall–Kier alpha value is -1.57. The van der Waals surface area contributed by atoms with Gasteiger partial charge in [-0.3, -0.25) is 0 Å². The van der Waals surface area contributed by atoms with Crippen LogP contribution in [0.3, 0.4) is 0 Å². The van der Waals surface area contributed by atoms with E-state index in [2.05, 4.69) is 19.9 Å². The lowest BCUT2D eigenvalue weighted by Crippen LogP contribution is -2.48. The Morgan fingerprint density at radius 3 is 2.53 bits per heavy atom. The number of ether oxygens (including phenoxy) is 1. The molecule has 2 heteroatoms. The highest BCUT2D eigenvalue weighted by Crippen LogP contribution is 2.59. The Morgan fingerprint density at radius 1 is 1.26 bits per heavy atom. The Balaban J connectivity index is 1.74. The van der Waals surface area contributed by atoms with Gasteiger partial charge in [0, 0.05) is 5.92 Å². The van der Waals surface area contributed by atoms with Crippen molar-refractivity contribution in [2.75, 3.05) is 0 Å². The summed E-state index contributed by atoms with van der Waals surface area (Å²) < 4.78 is 5.63. The van der Waals surface area contributed by atoms with Crippen molar-refractivity contribution in [2.24, 2.45) is 17.3 Å². The molecule has 0 N–H and O–H groups in total. The number of allylic oxidation sites excluding steroid dienone is 2. The van der Waals surface area contributed by atoms with Gasteiger partial charge in [-0.15, -0.1) is 0 Å². The van der Waals surface area contributed by atoms with E-state index >= 15 is 0 Å². The third-order valence-corrected chi connectivity index (χ3v) is 4.92. The standard InChI is InChI=1S/C17H20O2/c1-11-4-6-12(7-5-11)16(18)19-15-9-8-13-10-14(15)17(13,2)3/h4-7,9,13-14H,8,10H2,1-3H3/t13-,14-/m0/s1.